The second kappa shape index (κ2) is 5.87. The van der Waals surface area contributed by atoms with Crippen molar-refractivity contribution in [1.29, 1.82) is 5.26 Å². The second-order valence-electron chi connectivity index (χ2n) is 4.31. The van der Waals surface area contributed by atoms with Crippen molar-refractivity contribution in [3.8, 4) is 6.07 Å². The maximum Gasteiger partial charge on any atom is 0.141 e. The molecule has 2 rings (SSSR count). The normalized spacial score (nSPS) is 10.4. The van der Waals surface area contributed by atoms with E-state index in [0.717, 1.165) is 11.1 Å². The molecule has 0 spiro atoms. The molecule has 0 unspecified atom stereocenters. The first-order valence-electron chi connectivity index (χ1n) is 5.80. The highest BCUT2D eigenvalue weighted by Gasteiger charge is 2.03. The maximum absolute atomic E-state index is 13.0. The van der Waals surface area contributed by atoms with E-state index in [1.807, 2.05) is 19.3 Å². The number of aromatic nitrogens is 1. The van der Waals surface area contributed by atoms with Gasteiger partial charge in [-0.25, -0.2) is 4.39 Å². The molecule has 0 aliphatic rings. The number of nitriles is 1. The maximum atomic E-state index is 13.0. The highest BCUT2D eigenvalue weighted by atomic mass is 35.5. The Kier molecular flexibility index (Phi) is 4.20. The Bertz CT molecular complexity index is 628. The van der Waals surface area contributed by atoms with Gasteiger partial charge in [-0.1, -0.05) is 17.7 Å². The summed E-state index contributed by atoms with van der Waals surface area (Å²) < 4.78 is 14.8. The summed E-state index contributed by atoms with van der Waals surface area (Å²) in [6.45, 7) is 1.24. The van der Waals surface area contributed by atoms with Crippen molar-refractivity contribution in [1.82, 2.24) is 9.88 Å². The molecule has 0 saturated carbocycles. The number of hydrogen-bond donors (Lipinski definition) is 1. The van der Waals surface area contributed by atoms with Gasteiger partial charge in [0, 0.05) is 26.3 Å². The Morgan fingerprint density at radius 3 is 2.68 bits per heavy atom. The number of rotatable bonds is 4. The fourth-order valence-corrected chi connectivity index (χ4v) is 2.04. The van der Waals surface area contributed by atoms with Crippen LogP contribution < -0.4 is 5.32 Å². The van der Waals surface area contributed by atoms with Crippen LogP contribution in [-0.4, -0.2) is 4.57 Å². The van der Waals surface area contributed by atoms with Crippen LogP contribution in [0, 0.1) is 17.1 Å². The van der Waals surface area contributed by atoms with Gasteiger partial charge < -0.3 is 9.88 Å². The Morgan fingerprint density at radius 1 is 1.32 bits per heavy atom. The SMILES string of the molecule is Cn1cc(CNCc2ccc(F)c(Cl)c2)cc1C#N. The van der Waals surface area contributed by atoms with Crippen LogP contribution in [0.25, 0.3) is 0 Å². The summed E-state index contributed by atoms with van der Waals surface area (Å²) in [7, 11) is 1.84. The largest absolute Gasteiger partial charge is 0.342 e. The van der Waals surface area contributed by atoms with E-state index < -0.39 is 5.82 Å². The smallest absolute Gasteiger partial charge is 0.141 e. The lowest BCUT2D eigenvalue weighted by Crippen LogP contribution is -2.12. The minimum atomic E-state index is -0.410. The number of nitrogens with zero attached hydrogens (tertiary/aromatic N) is 2. The van der Waals surface area contributed by atoms with Crippen LogP contribution in [0.15, 0.2) is 30.5 Å². The molecule has 2 aromatic rings. The van der Waals surface area contributed by atoms with Crippen molar-refractivity contribution >= 4 is 11.6 Å². The van der Waals surface area contributed by atoms with Crippen LogP contribution in [-0.2, 0) is 20.1 Å². The molecule has 0 radical (unpaired) electrons. The van der Waals surface area contributed by atoms with Gasteiger partial charge in [0.2, 0.25) is 0 Å². The summed E-state index contributed by atoms with van der Waals surface area (Å²) in [6.07, 6.45) is 1.91. The lowest BCUT2D eigenvalue weighted by atomic mass is 10.2. The van der Waals surface area contributed by atoms with Crippen LogP contribution in [0.1, 0.15) is 16.8 Å². The molecule has 0 aliphatic heterocycles. The number of nitrogens with one attached hydrogen (secondary N) is 1. The van der Waals surface area contributed by atoms with Gasteiger partial charge in [0.25, 0.3) is 0 Å². The van der Waals surface area contributed by atoms with E-state index >= 15 is 0 Å². The van der Waals surface area contributed by atoms with Gasteiger partial charge in [-0.3, -0.25) is 0 Å². The number of halogens is 2. The van der Waals surface area contributed by atoms with E-state index in [-0.39, 0.29) is 5.02 Å². The van der Waals surface area contributed by atoms with Crippen molar-refractivity contribution in [2.45, 2.75) is 13.1 Å². The molecule has 0 saturated heterocycles. The summed E-state index contributed by atoms with van der Waals surface area (Å²) in [5.41, 5.74) is 2.58. The molecule has 19 heavy (non-hydrogen) atoms. The van der Waals surface area contributed by atoms with E-state index in [4.69, 9.17) is 16.9 Å². The third-order valence-electron chi connectivity index (χ3n) is 2.82. The molecule has 3 nitrogen and oxygen atoms in total. The molecular formula is C14H13ClFN3. The van der Waals surface area contributed by atoms with Crippen molar-refractivity contribution in [3.05, 3.63) is 58.1 Å². The highest BCUT2D eigenvalue weighted by Crippen LogP contribution is 2.16. The Balaban J connectivity index is 1.92. The molecule has 0 bridgehead atoms. The van der Waals surface area contributed by atoms with Gasteiger partial charge in [0.15, 0.2) is 0 Å². The molecule has 1 N–H and O–H groups in total. The lowest BCUT2D eigenvalue weighted by Gasteiger charge is -2.04. The van der Waals surface area contributed by atoms with Crippen LogP contribution in [0.3, 0.4) is 0 Å². The minimum Gasteiger partial charge on any atom is -0.342 e. The first-order chi connectivity index (χ1) is 9.10. The first-order valence-corrected chi connectivity index (χ1v) is 6.18. The van der Waals surface area contributed by atoms with E-state index in [0.29, 0.717) is 18.8 Å². The third-order valence-corrected chi connectivity index (χ3v) is 3.11. The average Bonchev–Trinajstić information content (AvgIpc) is 2.74. The molecule has 0 fully saturated rings. The molecular weight excluding hydrogens is 265 g/mol. The topological polar surface area (TPSA) is 40.8 Å². The number of aryl methyl sites for hydroxylation is 1. The van der Waals surface area contributed by atoms with Gasteiger partial charge in [-0.2, -0.15) is 5.26 Å². The minimum absolute atomic E-state index is 0.130. The number of hydrogen-bond acceptors (Lipinski definition) is 2. The monoisotopic (exact) mass is 277 g/mol. The summed E-state index contributed by atoms with van der Waals surface area (Å²) in [5.74, 6) is -0.410. The van der Waals surface area contributed by atoms with Crippen LogP contribution in [0.2, 0.25) is 5.02 Å². The first kappa shape index (κ1) is 13.6. The Labute approximate surface area is 116 Å². The molecule has 1 heterocycles. The molecule has 98 valence electrons. The quantitative estimate of drug-likeness (QED) is 0.933. The van der Waals surface area contributed by atoms with E-state index in [1.165, 1.54) is 6.07 Å². The zero-order chi connectivity index (χ0) is 13.8. The predicted octanol–water partition coefficient (Wildman–Crippen LogP) is 2.98. The highest BCUT2D eigenvalue weighted by molar-refractivity contribution is 6.30. The van der Waals surface area contributed by atoms with Gasteiger partial charge in [0.1, 0.15) is 17.6 Å². The zero-order valence-corrected chi connectivity index (χ0v) is 11.2. The van der Waals surface area contributed by atoms with Gasteiger partial charge in [-0.15, -0.1) is 0 Å². The summed E-state index contributed by atoms with van der Waals surface area (Å²) in [6, 6.07) is 8.61. The van der Waals surface area contributed by atoms with Crippen LogP contribution >= 0.6 is 11.6 Å². The number of benzene rings is 1. The third kappa shape index (κ3) is 3.34. The van der Waals surface area contributed by atoms with Crippen molar-refractivity contribution in [3.63, 3.8) is 0 Å². The van der Waals surface area contributed by atoms with Crippen molar-refractivity contribution in [2.24, 2.45) is 7.05 Å². The van der Waals surface area contributed by atoms with Gasteiger partial charge >= 0.3 is 0 Å². The molecule has 0 atom stereocenters. The van der Waals surface area contributed by atoms with Crippen molar-refractivity contribution in [2.75, 3.05) is 0 Å². The average molecular weight is 278 g/mol. The predicted molar refractivity (Wildman–Crippen MR) is 72.1 cm³/mol. The standard InChI is InChI=1S/C14H13ClFN3/c1-19-9-11(4-12(19)6-17)8-18-7-10-2-3-14(16)13(15)5-10/h2-5,9,18H,7-8H2,1H3. The Hall–Kier alpha value is -1.83. The van der Waals surface area contributed by atoms with Crippen LogP contribution in [0.5, 0.6) is 0 Å². The van der Waals surface area contributed by atoms with Gasteiger partial charge in [0.05, 0.1) is 5.02 Å². The lowest BCUT2D eigenvalue weighted by molar-refractivity contribution is 0.625. The van der Waals surface area contributed by atoms with E-state index in [9.17, 15) is 4.39 Å². The fraction of sp³-hybridized carbons (Fsp3) is 0.214. The fourth-order valence-electron chi connectivity index (χ4n) is 1.84. The molecule has 0 amide bonds. The van der Waals surface area contributed by atoms with Crippen molar-refractivity contribution < 1.29 is 4.39 Å². The van der Waals surface area contributed by atoms with E-state index in [1.54, 1.807) is 16.7 Å². The van der Waals surface area contributed by atoms with E-state index in [2.05, 4.69) is 11.4 Å². The summed E-state index contributed by atoms with van der Waals surface area (Å²) in [5, 5.41) is 12.2. The molecule has 5 heteroatoms. The molecule has 1 aromatic carbocycles. The zero-order valence-electron chi connectivity index (χ0n) is 10.5. The molecule has 1 aromatic heterocycles. The van der Waals surface area contributed by atoms with Crippen LogP contribution in [0.4, 0.5) is 4.39 Å². The Morgan fingerprint density at radius 2 is 2.05 bits per heavy atom. The van der Waals surface area contributed by atoms with Gasteiger partial charge in [-0.05, 0) is 29.3 Å². The summed E-state index contributed by atoms with van der Waals surface area (Å²) >= 11 is 5.71. The second-order valence-corrected chi connectivity index (χ2v) is 4.72. The molecule has 0 aliphatic carbocycles. The summed E-state index contributed by atoms with van der Waals surface area (Å²) in [4.78, 5) is 0.